The molecule has 1 amide bonds. The Labute approximate surface area is 161 Å². The lowest BCUT2D eigenvalue weighted by molar-refractivity contribution is -0.312. The Morgan fingerprint density at radius 1 is 1.12 bits per heavy atom. The van der Waals surface area contributed by atoms with Crippen LogP contribution in [0.2, 0.25) is 0 Å². The van der Waals surface area contributed by atoms with Crippen molar-refractivity contribution in [3.63, 3.8) is 0 Å². The van der Waals surface area contributed by atoms with Gasteiger partial charge in [0, 0.05) is 15.5 Å². The Kier molecular flexibility index (Phi) is 6.58. The number of carbonyl (C=O) groups excluding carboxylic acids is 2. The minimum atomic E-state index is -1.22. The molecule has 0 heterocycles. The fourth-order valence-electron chi connectivity index (χ4n) is 2.89. The summed E-state index contributed by atoms with van der Waals surface area (Å²) in [5.41, 5.74) is 3.82. The molecule has 0 bridgehead atoms. The second-order valence-corrected chi connectivity index (χ2v) is 7.55. The van der Waals surface area contributed by atoms with Crippen LogP contribution in [0.1, 0.15) is 23.6 Å². The maximum atomic E-state index is 12.8. The normalized spacial score (nSPS) is 13.1. The van der Waals surface area contributed by atoms with E-state index < -0.39 is 17.8 Å². The average Bonchev–Trinajstić information content (AvgIpc) is 2.53. The van der Waals surface area contributed by atoms with Crippen molar-refractivity contribution < 1.29 is 14.7 Å². The van der Waals surface area contributed by atoms with Gasteiger partial charge in [0.25, 0.3) is 0 Å². The van der Waals surface area contributed by atoms with Crippen molar-refractivity contribution in [3.05, 3.63) is 62.7 Å². The van der Waals surface area contributed by atoms with Crippen LogP contribution in [0, 0.1) is 29.3 Å². The fraction of sp³-hybridized carbons (Fsp3) is 0.300. The summed E-state index contributed by atoms with van der Waals surface area (Å²) in [5, 5.41) is 14.3. The van der Waals surface area contributed by atoms with Crippen molar-refractivity contribution in [1.82, 2.24) is 0 Å². The molecule has 0 saturated heterocycles. The van der Waals surface area contributed by atoms with Crippen LogP contribution in [0.5, 0.6) is 0 Å². The summed E-state index contributed by atoms with van der Waals surface area (Å²) in [6.45, 7) is 5.50. The Morgan fingerprint density at radius 3 is 2.28 bits per heavy atom. The topological polar surface area (TPSA) is 69.2 Å². The molecule has 0 radical (unpaired) electrons. The molecule has 5 heteroatoms. The quantitative estimate of drug-likeness (QED) is 0.688. The molecular formula is C20H21INO3-. The first-order valence-corrected chi connectivity index (χ1v) is 9.19. The Balaban J connectivity index is 2.27. The zero-order chi connectivity index (χ0) is 18.6. The van der Waals surface area contributed by atoms with Gasteiger partial charge < -0.3 is 15.2 Å². The van der Waals surface area contributed by atoms with Crippen molar-refractivity contribution >= 4 is 40.2 Å². The predicted octanol–water partition coefficient (Wildman–Crippen LogP) is 3.09. The molecule has 0 spiro atoms. The van der Waals surface area contributed by atoms with Crippen LogP contribution in [0.3, 0.4) is 0 Å². The molecule has 1 N–H and O–H groups in total. The SMILES string of the molecule is Cc1cc(C)cc(C[C@@H](C(=O)Nc2ccccc2I)[C@H](C)C(=O)[O-])c1. The third kappa shape index (κ3) is 5.29. The second-order valence-electron chi connectivity index (χ2n) is 6.38. The molecule has 0 saturated carbocycles. The van der Waals surface area contributed by atoms with Crippen LogP contribution in [0.25, 0.3) is 0 Å². The molecule has 0 aliphatic rings. The van der Waals surface area contributed by atoms with Gasteiger partial charge in [-0.15, -0.1) is 0 Å². The minimum absolute atomic E-state index is 0.306. The van der Waals surface area contributed by atoms with Gasteiger partial charge in [-0.05, 0) is 60.6 Å². The maximum Gasteiger partial charge on any atom is 0.228 e. The third-order valence-electron chi connectivity index (χ3n) is 4.18. The first-order valence-electron chi connectivity index (χ1n) is 8.11. The zero-order valence-electron chi connectivity index (χ0n) is 14.5. The lowest BCUT2D eigenvalue weighted by Gasteiger charge is -2.24. The zero-order valence-corrected chi connectivity index (χ0v) is 16.7. The summed E-state index contributed by atoms with van der Waals surface area (Å²) in [5.74, 6) is -3.11. The van der Waals surface area contributed by atoms with Gasteiger partial charge in [0.15, 0.2) is 0 Å². The van der Waals surface area contributed by atoms with E-state index >= 15 is 0 Å². The Bertz CT molecular complexity index is 768. The summed E-state index contributed by atoms with van der Waals surface area (Å²) in [4.78, 5) is 24.2. The lowest BCUT2D eigenvalue weighted by Crippen LogP contribution is -2.40. The van der Waals surface area contributed by atoms with Gasteiger partial charge in [-0.2, -0.15) is 0 Å². The number of anilines is 1. The van der Waals surface area contributed by atoms with Crippen LogP contribution in [0.4, 0.5) is 5.69 Å². The molecular weight excluding hydrogens is 429 g/mol. The lowest BCUT2D eigenvalue weighted by atomic mass is 9.86. The first kappa shape index (κ1) is 19.4. The van der Waals surface area contributed by atoms with Gasteiger partial charge in [-0.25, -0.2) is 0 Å². The van der Waals surface area contributed by atoms with Crippen molar-refractivity contribution in [1.29, 1.82) is 0 Å². The molecule has 0 unspecified atom stereocenters. The molecule has 132 valence electrons. The van der Waals surface area contributed by atoms with Crippen LogP contribution in [-0.4, -0.2) is 11.9 Å². The van der Waals surface area contributed by atoms with Crippen molar-refractivity contribution in [2.45, 2.75) is 27.2 Å². The van der Waals surface area contributed by atoms with Gasteiger partial charge in [-0.3, -0.25) is 4.79 Å². The monoisotopic (exact) mass is 450 g/mol. The van der Waals surface area contributed by atoms with E-state index in [0.29, 0.717) is 12.1 Å². The number of carboxylic acids is 1. The highest BCUT2D eigenvalue weighted by Gasteiger charge is 2.27. The van der Waals surface area contributed by atoms with Crippen molar-refractivity contribution in [2.24, 2.45) is 11.8 Å². The van der Waals surface area contributed by atoms with Gasteiger partial charge in [0.2, 0.25) is 5.91 Å². The summed E-state index contributed by atoms with van der Waals surface area (Å²) >= 11 is 2.14. The highest BCUT2D eigenvalue weighted by atomic mass is 127. The molecule has 0 aromatic heterocycles. The maximum absolute atomic E-state index is 12.8. The summed E-state index contributed by atoms with van der Waals surface area (Å²) < 4.78 is 0.903. The third-order valence-corrected chi connectivity index (χ3v) is 5.12. The van der Waals surface area contributed by atoms with Gasteiger partial charge in [-0.1, -0.05) is 48.4 Å². The van der Waals surface area contributed by atoms with Crippen molar-refractivity contribution in [2.75, 3.05) is 5.32 Å². The number of aliphatic carboxylic acids is 1. The highest BCUT2D eigenvalue weighted by Crippen LogP contribution is 2.23. The molecule has 0 fully saturated rings. The van der Waals surface area contributed by atoms with E-state index in [1.165, 1.54) is 6.92 Å². The highest BCUT2D eigenvalue weighted by molar-refractivity contribution is 14.1. The van der Waals surface area contributed by atoms with Gasteiger partial charge >= 0.3 is 0 Å². The average molecular weight is 450 g/mol. The standard InChI is InChI=1S/C20H22INO3/c1-12-8-13(2)10-15(9-12)11-16(14(3)20(24)25)19(23)22-18-7-5-4-6-17(18)21/h4-10,14,16H,11H2,1-3H3,(H,22,23)(H,24,25)/p-1/t14-,16+/m0/s1. The minimum Gasteiger partial charge on any atom is -0.550 e. The largest absolute Gasteiger partial charge is 0.550 e. The smallest absolute Gasteiger partial charge is 0.228 e. The molecule has 2 atom stereocenters. The number of carbonyl (C=O) groups is 2. The molecule has 2 rings (SSSR count). The Morgan fingerprint density at radius 2 is 1.72 bits per heavy atom. The van der Waals surface area contributed by atoms with E-state index in [0.717, 1.165) is 20.3 Å². The van der Waals surface area contributed by atoms with E-state index in [1.807, 2.05) is 50.2 Å². The summed E-state index contributed by atoms with van der Waals surface area (Å²) in [7, 11) is 0. The molecule has 0 aliphatic carbocycles. The molecule has 25 heavy (non-hydrogen) atoms. The predicted molar refractivity (Wildman–Crippen MR) is 105 cm³/mol. The number of benzene rings is 2. The number of nitrogens with one attached hydrogen (secondary N) is 1. The first-order chi connectivity index (χ1) is 11.8. The second kappa shape index (κ2) is 8.47. The van der Waals surface area contributed by atoms with E-state index in [9.17, 15) is 14.7 Å². The van der Waals surface area contributed by atoms with Crippen LogP contribution >= 0.6 is 22.6 Å². The number of carboxylic acid groups (broad SMARTS) is 1. The molecule has 4 nitrogen and oxygen atoms in total. The van der Waals surface area contributed by atoms with Crippen LogP contribution in [-0.2, 0) is 16.0 Å². The summed E-state index contributed by atoms with van der Waals surface area (Å²) in [6.07, 6.45) is 0.354. The van der Waals surface area contributed by atoms with E-state index in [-0.39, 0.29) is 5.91 Å². The number of hydrogen-bond donors (Lipinski definition) is 1. The van der Waals surface area contributed by atoms with Crippen LogP contribution in [0.15, 0.2) is 42.5 Å². The summed E-state index contributed by atoms with van der Waals surface area (Å²) in [6, 6.07) is 13.4. The number of aryl methyl sites for hydroxylation is 2. The van der Waals surface area contributed by atoms with Crippen LogP contribution < -0.4 is 10.4 Å². The molecule has 0 aliphatic heterocycles. The van der Waals surface area contributed by atoms with E-state index in [4.69, 9.17) is 0 Å². The van der Waals surface area contributed by atoms with E-state index in [1.54, 1.807) is 6.07 Å². The Hall–Kier alpha value is -1.89. The van der Waals surface area contributed by atoms with Gasteiger partial charge in [0.1, 0.15) is 0 Å². The number of halogens is 1. The number of para-hydroxylation sites is 1. The number of amides is 1. The molecule has 2 aromatic carbocycles. The van der Waals surface area contributed by atoms with Gasteiger partial charge in [0.05, 0.1) is 11.6 Å². The number of rotatable bonds is 6. The van der Waals surface area contributed by atoms with Crippen molar-refractivity contribution in [3.8, 4) is 0 Å². The fourth-order valence-corrected chi connectivity index (χ4v) is 3.41. The number of hydrogen-bond acceptors (Lipinski definition) is 3. The molecule has 2 aromatic rings. The van der Waals surface area contributed by atoms with E-state index in [2.05, 4.69) is 27.9 Å².